The van der Waals surface area contributed by atoms with Gasteiger partial charge in [-0.1, -0.05) is 36.4 Å². The normalized spacial score (nSPS) is 11.3. The maximum atomic E-state index is 12.8. The summed E-state index contributed by atoms with van der Waals surface area (Å²) in [6.07, 6.45) is 6.41. The molecule has 3 aromatic heterocycles. The van der Waals surface area contributed by atoms with Gasteiger partial charge in [-0.25, -0.2) is 4.98 Å². The van der Waals surface area contributed by atoms with E-state index in [2.05, 4.69) is 15.1 Å². The van der Waals surface area contributed by atoms with Gasteiger partial charge in [0.05, 0.1) is 11.6 Å². The molecule has 0 radical (unpaired) electrons. The molecule has 4 rings (SSSR count). The molecule has 116 valence electrons. The lowest BCUT2D eigenvalue weighted by atomic mass is 10.1. The molecule has 0 saturated carbocycles. The summed E-state index contributed by atoms with van der Waals surface area (Å²) in [7, 11) is 0. The van der Waals surface area contributed by atoms with Crippen LogP contribution < -0.4 is 5.56 Å². The van der Waals surface area contributed by atoms with Gasteiger partial charge in [0.1, 0.15) is 11.2 Å². The second-order valence-corrected chi connectivity index (χ2v) is 5.98. The molecule has 0 bridgehead atoms. The lowest BCUT2D eigenvalue weighted by Crippen LogP contribution is -2.16. The van der Waals surface area contributed by atoms with Gasteiger partial charge in [-0.15, -0.1) is 11.3 Å². The molecule has 6 heteroatoms. The number of benzene rings is 1. The fraction of sp³-hybridized carbons (Fsp3) is 0. The van der Waals surface area contributed by atoms with Crippen molar-refractivity contribution in [2.45, 2.75) is 0 Å². The van der Waals surface area contributed by atoms with Crippen LogP contribution in [0.1, 0.15) is 5.56 Å². The first-order valence-corrected chi connectivity index (χ1v) is 8.19. The molecule has 0 amide bonds. The minimum absolute atomic E-state index is 0.180. The predicted molar refractivity (Wildman–Crippen MR) is 96.5 cm³/mol. The summed E-state index contributed by atoms with van der Waals surface area (Å²) in [4.78, 5) is 21.9. The van der Waals surface area contributed by atoms with Crippen molar-refractivity contribution in [2.24, 2.45) is 5.10 Å². The molecule has 1 aromatic carbocycles. The molecular weight excluding hydrogens is 320 g/mol. The van der Waals surface area contributed by atoms with Gasteiger partial charge >= 0.3 is 0 Å². The number of hydrogen-bond acceptors (Lipinski definition) is 5. The highest BCUT2D eigenvalue weighted by Gasteiger charge is 2.12. The van der Waals surface area contributed by atoms with Gasteiger partial charge in [0.15, 0.2) is 0 Å². The Bertz CT molecular complexity index is 1070. The van der Waals surface area contributed by atoms with E-state index in [9.17, 15) is 4.79 Å². The SMILES string of the molecule is O=c1c2c(-c3ccccc3)csc2ncn1/N=C\c1cccnc1. The van der Waals surface area contributed by atoms with Crippen molar-refractivity contribution in [1.82, 2.24) is 14.6 Å². The van der Waals surface area contributed by atoms with Crippen molar-refractivity contribution in [3.63, 3.8) is 0 Å². The quantitative estimate of drug-likeness (QED) is 0.540. The summed E-state index contributed by atoms with van der Waals surface area (Å²) < 4.78 is 1.26. The Kier molecular flexibility index (Phi) is 3.72. The van der Waals surface area contributed by atoms with Crippen LogP contribution in [0.3, 0.4) is 0 Å². The summed E-state index contributed by atoms with van der Waals surface area (Å²) in [6, 6.07) is 13.5. The monoisotopic (exact) mass is 332 g/mol. The molecule has 0 aliphatic heterocycles. The molecule has 0 atom stereocenters. The van der Waals surface area contributed by atoms with Gasteiger partial charge in [-0.05, 0) is 11.6 Å². The van der Waals surface area contributed by atoms with E-state index in [1.807, 2.05) is 47.8 Å². The molecule has 0 N–H and O–H groups in total. The van der Waals surface area contributed by atoms with E-state index < -0.39 is 0 Å². The van der Waals surface area contributed by atoms with Gasteiger partial charge < -0.3 is 0 Å². The number of rotatable bonds is 3. The molecule has 0 aliphatic carbocycles. The maximum absolute atomic E-state index is 12.8. The van der Waals surface area contributed by atoms with Gasteiger partial charge in [-0.2, -0.15) is 9.78 Å². The first kappa shape index (κ1) is 14.5. The van der Waals surface area contributed by atoms with Crippen molar-refractivity contribution in [1.29, 1.82) is 0 Å². The first-order chi connectivity index (χ1) is 11.8. The lowest BCUT2D eigenvalue weighted by Gasteiger charge is -2.01. The number of thiophene rings is 1. The van der Waals surface area contributed by atoms with Crippen LogP contribution in [0.15, 0.2) is 76.5 Å². The van der Waals surface area contributed by atoms with E-state index in [1.165, 1.54) is 22.3 Å². The predicted octanol–water partition coefficient (Wildman–Crippen LogP) is 3.40. The molecule has 0 fully saturated rings. The van der Waals surface area contributed by atoms with Crippen LogP contribution in [0.2, 0.25) is 0 Å². The topological polar surface area (TPSA) is 60.1 Å². The zero-order valence-electron chi connectivity index (χ0n) is 12.5. The van der Waals surface area contributed by atoms with Crippen LogP contribution in [0.4, 0.5) is 0 Å². The Labute approximate surface area is 141 Å². The van der Waals surface area contributed by atoms with Crippen LogP contribution in [-0.4, -0.2) is 20.9 Å². The molecule has 0 spiro atoms. The number of aromatic nitrogens is 3. The van der Waals surface area contributed by atoms with Crippen molar-refractivity contribution < 1.29 is 0 Å². The van der Waals surface area contributed by atoms with Crippen LogP contribution in [-0.2, 0) is 0 Å². The van der Waals surface area contributed by atoms with Crippen LogP contribution >= 0.6 is 11.3 Å². The molecular formula is C18H12N4OS. The Morgan fingerprint density at radius 1 is 1.12 bits per heavy atom. The zero-order valence-corrected chi connectivity index (χ0v) is 13.4. The molecule has 3 heterocycles. The summed E-state index contributed by atoms with van der Waals surface area (Å²) in [5.41, 5.74) is 2.52. The average molecular weight is 332 g/mol. The van der Waals surface area contributed by atoms with E-state index in [0.717, 1.165) is 16.7 Å². The van der Waals surface area contributed by atoms with Crippen molar-refractivity contribution in [2.75, 3.05) is 0 Å². The summed E-state index contributed by atoms with van der Waals surface area (Å²) in [5, 5.41) is 6.78. The largest absolute Gasteiger partial charge is 0.283 e. The van der Waals surface area contributed by atoms with Crippen LogP contribution in [0.25, 0.3) is 21.3 Å². The highest BCUT2D eigenvalue weighted by molar-refractivity contribution is 7.17. The van der Waals surface area contributed by atoms with E-state index >= 15 is 0 Å². The van der Waals surface area contributed by atoms with Crippen molar-refractivity contribution in [3.8, 4) is 11.1 Å². The summed E-state index contributed by atoms with van der Waals surface area (Å²) in [6.45, 7) is 0. The minimum atomic E-state index is -0.180. The number of hydrogen-bond donors (Lipinski definition) is 0. The van der Waals surface area contributed by atoms with Crippen LogP contribution in [0, 0.1) is 0 Å². The van der Waals surface area contributed by atoms with Crippen molar-refractivity contribution in [3.05, 3.63) is 82.5 Å². The maximum Gasteiger partial charge on any atom is 0.283 e. The second-order valence-electron chi connectivity index (χ2n) is 5.12. The molecule has 0 aliphatic rings. The molecule has 24 heavy (non-hydrogen) atoms. The smallest absolute Gasteiger partial charge is 0.267 e. The lowest BCUT2D eigenvalue weighted by molar-refractivity contribution is 0.819. The second kappa shape index (κ2) is 6.17. The van der Waals surface area contributed by atoms with Gasteiger partial charge in [-0.3, -0.25) is 9.78 Å². The molecule has 0 unspecified atom stereocenters. The Morgan fingerprint density at radius 2 is 2.00 bits per heavy atom. The Hall–Kier alpha value is -3.12. The highest BCUT2D eigenvalue weighted by atomic mass is 32.1. The molecule has 5 nitrogen and oxygen atoms in total. The number of nitrogens with zero attached hydrogens (tertiary/aromatic N) is 4. The van der Waals surface area contributed by atoms with E-state index in [0.29, 0.717) is 10.2 Å². The Balaban J connectivity index is 1.83. The average Bonchev–Trinajstić information content (AvgIpc) is 3.08. The fourth-order valence-electron chi connectivity index (χ4n) is 2.42. The fourth-order valence-corrected chi connectivity index (χ4v) is 3.32. The van der Waals surface area contributed by atoms with Gasteiger partial charge in [0, 0.05) is 28.9 Å². The van der Waals surface area contributed by atoms with Crippen molar-refractivity contribution >= 4 is 27.8 Å². The third-order valence-electron chi connectivity index (χ3n) is 3.58. The van der Waals surface area contributed by atoms with E-state index in [4.69, 9.17) is 0 Å². The van der Waals surface area contributed by atoms with E-state index in [1.54, 1.807) is 18.6 Å². The van der Waals surface area contributed by atoms with E-state index in [-0.39, 0.29) is 5.56 Å². The number of pyridine rings is 1. The highest BCUT2D eigenvalue weighted by Crippen LogP contribution is 2.30. The Morgan fingerprint density at radius 3 is 2.79 bits per heavy atom. The molecule has 4 aromatic rings. The van der Waals surface area contributed by atoms with Crippen LogP contribution in [0.5, 0.6) is 0 Å². The summed E-state index contributed by atoms with van der Waals surface area (Å²) in [5.74, 6) is 0. The number of fused-ring (bicyclic) bond motifs is 1. The zero-order chi connectivity index (χ0) is 16.4. The standard InChI is InChI=1S/C18H12N4OS/c23-18-16-15(14-6-2-1-3-7-14)11-24-17(16)20-12-22(18)21-10-13-5-4-8-19-9-13/h1-12H/b21-10-. The summed E-state index contributed by atoms with van der Waals surface area (Å²) >= 11 is 1.46. The molecule has 0 saturated heterocycles. The minimum Gasteiger partial charge on any atom is -0.267 e. The third-order valence-corrected chi connectivity index (χ3v) is 4.46. The first-order valence-electron chi connectivity index (χ1n) is 7.31. The van der Waals surface area contributed by atoms with Gasteiger partial charge in [0.2, 0.25) is 0 Å². The third kappa shape index (κ3) is 2.63. The van der Waals surface area contributed by atoms with Gasteiger partial charge in [0.25, 0.3) is 5.56 Å².